The summed E-state index contributed by atoms with van der Waals surface area (Å²) in [4.78, 5) is 14.8. The zero-order valence-electron chi connectivity index (χ0n) is 17.7. The molecule has 1 aromatic rings. The van der Waals surface area contributed by atoms with Crippen molar-refractivity contribution in [3.8, 4) is 6.07 Å². The molecule has 1 spiro atoms. The van der Waals surface area contributed by atoms with Gasteiger partial charge < -0.3 is 10.8 Å². The summed E-state index contributed by atoms with van der Waals surface area (Å²) >= 11 is 0. The van der Waals surface area contributed by atoms with Crippen LogP contribution in [-0.4, -0.2) is 40.2 Å². The molecule has 1 aromatic carbocycles. The number of rotatable bonds is 3. The molecule has 160 valence electrons. The van der Waals surface area contributed by atoms with Gasteiger partial charge >= 0.3 is 0 Å². The zero-order chi connectivity index (χ0) is 22.4. The van der Waals surface area contributed by atoms with Gasteiger partial charge in [-0.2, -0.15) is 5.26 Å². The Morgan fingerprint density at radius 1 is 1.50 bits per heavy atom. The molecule has 0 radical (unpaired) electrons. The van der Waals surface area contributed by atoms with Crippen molar-refractivity contribution in [1.29, 1.82) is 10.7 Å². The van der Waals surface area contributed by atoms with E-state index in [0.29, 0.717) is 30.4 Å². The van der Waals surface area contributed by atoms with Crippen molar-refractivity contribution in [2.45, 2.75) is 57.7 Å². The molecule has 0 aliphatic heterocycles. The molecule has 0 bridgehead atoms. The minimum atomic E-state index is -1.73. The van der Waals surface area contributed by atoms with Crippen molar-refractivity contribution in [3.05, 3.63) is 47.0 Å². The monoisotopic (exact) mass is 412 g/mol. The van der Waals surface area contributed by atoms with Gasteiger partial charge in [-0.15, -0.1) is 0 Å². The highest BCUT2D eigenvalue weighted by molar-refractivity contribution is 5.99. The first kappa shape index (κ1) is 22.0. The van der Waals surface area contributed by atoms with E-state index in [-0.39, 0.29) is 12.5 Å². The number of carbonyl (C=O) groups is 1. The fourth-order valence-electron chi connectivity index (χ4n) is 5.25. The Labute approximate surface area is 176 Å². The van der Waals surface area contributed by atoms with Gasteiger partial charge in [0.05, 0.1) is 30.2 Å². The average molecular weight is 413 g/mol. The maximum atomic E-state index is 14.4. The van der Waals surface area contributed by atoms with Crippen LogP contribution in [0.2, 0.25) is 0 Å². The van der Waals surface area contributed by atoms with E-state index in [0.717, 1.165) is 16.0 Å². The fraction of sp³-hybridized carbons (Fsp3) is 0.522. The Morgan fingerprint density at radius 2 is 2.17 bits per heavy atom. The molecular weight excluding hydrogens is 383 g/mol. The number of nitrogens with zero attached hydrogens (tertiary/aromatic N) is 2. The molecule has 2 aliphatic carbocycles. The summed E-state index contributed by atoms with van der Waals surface area (Å²) in [5, 5.41) is 27.7. The summed E-state index contributed by atoms with van der Waals surface area (Å²) in [5.74, 6) is -1.75. The van der Waals surface area contributed by atoms with Crippen molar-refractivity contribution in [3.63, 3.8) is 0 Å². The summed E-state index contributed by atoms with van der Waals surface area (Å²) in [6, 6.07) is 7.41. The SMILES string of the molecule is C=C1C[C@]2(Cc3ccc(C#N)cc3[C@H]2C(=O)N(CC(C)(C)F)C(=N)N)C[C@@H](C)[C@@H]1O. The van der Waals surface area contributed by atoms with E-state index in [2.05, 4.69) is 12.6 Å². The minimum Gasteiger partial charge on any atom is -0.388 e. The molecule has 0 unspecified atom stereocenters. The zero-order valence-corrected chi connectivity index (χ0v) is 17.7. The van der Waals surface area contributed by atoms with E-state index in [4.69, 9.17) is 11.1 Å². The molecule has 30 heavy (non-hydrogen) atoms. The molecule has 2 aliphatic rings. The number of hydrogen-bond donors (Lipinski definition) is 3. The van der Waals surface area contributed by atoms with Crippen LogP contribution in [0.1, 0.15) is 56.2 Å². The number of aliphatic hydroxyl groups is 1. The third-order valence-corrected chi connectivity index (χ3v) is 6.34. The molecular formula is C23H29FN4O2. The van der Waals surface area contributed by atoms with Gasteiger partial charge in [-0.3, -0.25) is 15.1 Å². The normalized spacial score (nSPS) is 28.1. The van der Waals surface area contributed by atoms with Crippen LogP contribution in [0, 0.1) is 28.1 Å². The number of guanidine groups is 1. The number of alkyl halides is 1. The van der Waals surface area contributed by atoms with Crippen LogP contribution in [-0.2, 0) is 11.2 Å². The lowest BCUT2D eigenvalue weighted by Crippen LogP contribution is -2.52. The number of halogens is 1. The van der Waals surface area contributed by atoms with Gasteiger partial charge in [0.25, 0.3) is 0 Å². The van der Waals surface area contributed by atoms with E-state index < -0.39 is 35.0 Å². The molecule has 7 heteroatoms. The first-order chi connectivity index (χ1) is 13.9. The summed E-state index contributed by atoms with van der Waals surface area (Å²) in [6.07, 6.45) is 0.963. The molecule has 0 heterocycles. The fourth-order valence-corrected chi connectivity index (χ4v) is 5.25. The quantitative estimate of drug-likeness (QED) is 0.402. The van der Waals surface area contributed by atoms with Crippen molar-refractivity contribution < 1.29 is 14.3 Å². The van der Waals surface area contributed by atoms with Gasteiger partial charge in [-0.25, -0.2) is 4.39 Å². The number of hydrogen-bond acceptors (Lipinski definition) is 4. The van der Waals surface area contributed by atoms with Gasteiger partial charge in [0, 0.05) is 0 Å². The summed E-state index contributed by atoms with van der Waals surface area (Å²) in [7, 11) is 0. The Morgan fingerprint density at radius 3 is 2.70 bits per heavy atom. The number of nitrogens with two attached hydrogens (primary N) is 1. The van der Waals surface area contributed by atoms with Gasteiger partial charge in [-0.1, -0.05) is 19.6 Å². The number of nitrogens with one attached hydrogen (secondary N) is 1. The van der Waals surface area contributed by atoms with Gasteiger partial charge in [0.15, 0.2) is 5.96 Å². The van der Waals surface area contributed by atoms with E-state index >= 15 is 0 Å². The predicted molar refractivity (Wildman–Crippen MR) is 112 cm³/mol. The third-order valence-electron chi connectivity index (χ3n) is 6.34. The highest BCUT2D eigenvalue weighted by Gasteiger charge is 2.54. The lowest BCUT2D eigenvalue weighted by Gasteiger charge is -2.45. The largest absolute Gasteiger partial charge is 0.388 e. The van der Waals surface area contributed by atoms with E-state index in [9.17, 15) is 19.6 Å². The maximum absolute atomic E-state index is 14.4. The first-order valence-corrected chi connectivity index (χ1v) is 10.1. The second-order valence-corrected chi connectivity index (χ2v) is 9.49. The number of aliphatic hydroxyl groups excluding tert-OH is 1. The van der Waals surface area contributed by atoms with Gasteiger partial charge in [-0.05, 0) is 73.3 Å². The molecule has 3 rings (SSSR count). The summed E-state index contributed by atoms with van der Waals surface area (Å²) in [5.41, 5.74) is 6.18. The molecule has 0 aromatic heterocycles. The number of carbonyl (C=O) groups excluding carboxylic acids is 1. The van der Waals surface area contributed by atoms with Crippen molar-refractivity contribution in [2.24, 2.45) is 17.1 Å². The van der Waals surface area contributed by atoms with Crippen LogP contribution in [0.25, 0.3) is 0 Å². The summed E-state index contributed by atoms with van der Waals surface area (Å²) < 4.78 is 14.4. The lowest BCUT2D eigenvalue weighted by molar-refractivity contribution is -0.134. The Balaban J connectivity index is 2.13. The lowest BCUT2D eigenvalue weighted by atomic mass is 9.61. The van der Waals surface area contributed by atoms with Crippen LogP contribution >= 0.6 is 0 Å². The Hall–Kier alpha value is -2.72. The first-order valence-electron chi connectivity index (χ1n) is 10.1. The van der Waals surface area contributed by atoms with Crippen molar-refractivity contribution in [2.75, 3.05) is 6.54 Å². The Bertz CT molecular complexity index is 946. The molecule has 6 nitrogen and oxygen atoms in total. The van der Waals surface area contributed by atoms with Gasteiger partial charge in [0.2, 0.25) is 5.91 Å². The Kier molecular flexibility index (Phi) is 5.50. The van der Waals surface area contributed by atoms with Crippen molar-refractivity contribution >= 4 is 11.9 Å². The molecule has 1 fully saturated rings. The standard InChI is InChI=1S/C23H29FN4O2/c1-13-8-23(9-14(2)19(13)29)10-16-6-5-15(11-25)7-17(16)18(23)20(30)28(21(26)27)12-22(3,4)24/h5-7,14,18-19,29H,1,8-10,12H2,2-4H3,(H3,26,27)/t14-,18+,19-,23-/m1/s1. The van der Waals surface area contributed by atoms with Crippen LogP contribution in [0.15, 0.2) is 30.4 Å². The highest BCUT2D eigenvalue weighted by Crippen LogP contribution is 2.58. The van der Waals surface area contributed by atoms with Crippen molar-refractivity contribution in [1.82, 2.24) is 4.90 Å². The van der Waals surface area contributed by atoms with Gasteiger partial charge in [0.1, 0.15) is 5.67 Å². The number of benzene rings is 1. The summed E-state index contributed by atoms with van der Waals surface area (Å²) in [6.45, 7) is 8.31. The topological polar surface area (TPSA) is 114 Å². The average Bonchev–Trinajstić information content (AvgIpc) is 2.94. The maximum Gasteiger partial charge on any atom is 0.237 e. The second kappa shape index (κ2) is 7.51. The predicted octanol–water partition coefficient (Wildman–Crippen LogP) is 3.00. The van der Waals surface area contributed by atoms with E-state index in [1.165, 1.54) is 13.8 Å². The van der Waals surface area contributed by atoms with Crippen LogP contribution < -0.4 is 5.73 Å². The minimum absolute atomic E-state index is 0.102. The molecule has 1 amide bonds. The molecule has 4 atom stereocenters. The number of nitriles is 1. The smallest absolute Gasteiger partial charge is 0.237 e. The second-order valence-electron chi connectivity index (χ2n) is 9.49. The van der Waals surface area contributed by atoms with E-state index in [1.807, 2.05) is 13.0 Å². The molecule has 1 saturated carbocycles. The third kappa shape index (κ3) is 3.84. The number of fused-ring (bicyclic) bond motifs is 1. The molecule has 4 N–H and O–H groups in total. The van der Waals surface area contributed by atoms with Crippen LogP contribution in [0.3, 0.4) is 0 Å². The van der Waals surface area contributed by atoms with E-state index in [1.54, 1.807) is 12.1 Å². The van der Waals surface area contributed by atoms with Crippen LogP contribution in [0.4, 0.5) is 4.39 Å². The van der Waals surface area contributed by atoms with Crippen LogP contribution in [0.5, 0.6) is 0 Å². The highest BCUT2D eigenvalue weighted by atomic mass is 19.1. The number of amides is 1. The molecule has 0 saturated heterocycles.